The van der Waals surface area contributed by atoms with Crippen LogP contribution in [0.4, 0.5) is 0 Å². The SMILES string of the molecule is Cc1cc(CN(C)CCO)ccc1-n1cncn1. The fourth-order valence-corrected chi connectivity index (χ4v) is 1.97. The van der Waals surface area contributed by atoms with Gasteiger partial charge in [-0.05, 0) is 31.2 Å². The van der Waals surface area contributed by atoms with Gasteiger partial charge < -0.3 is 5.11 Å². The highest BCUT2D eigenvalue weighted by molar-refractivity contribution is 5.41. The second-order valence-corrected chi connectivity index (χ2v) is 4.42. The molecule has 18 heavy (non-hydrogen) atoms. The molecule has 0 spiro atoms. The van der Waals surface area contributed by atoms with E-state index in [1.807, 2.05) is 13.1 Å². The fraction of sp³-hybridized carbons (Fsp3) is 0.385. The maximum atomic E-state index is 8.88. The summed E-state index contributed by atoms with van der Waals surface area (Å²) in [6, 6.07) is 6.27. The molecule has 0 atom stereocenters. The number of benzene rings is 1. The predicted molar refractivity (Wildman–Crippen MR) is 69.5 cm³/mol. The second-order valence-electron chi connectivity index (χ2n) is 4.42. The van der Waals surface area contributed by atoms with E-state index in [1.165, 1.54) is 11.9 Å². The molecule has 0 aliphatic carbocycles. The lowest BCUT2D eigenvalue weighted by Crippen LogP contribution is -2.21. The van der Waals surface area contributed by atoms with Gasteiger partial charge in [0, 0.05) is 13.1 Å². The molecule has 5 heteroatoms. The van der Waals surface area contributed by atoms with E-state index in [1.54, 1.807) is 11.0 Å². The minimum atomic E-state index is 0.187. The maximum Gasteiger partial charge on any atom is 0.138 e. The first-order valence-electron chi connectivity index (χ1n) is 5.94. The molecule has 0 unspecified atom stereocenters. The first-order chi connectivity index (χ1) is 8.70. The Balaban J connectivity index is 2.15. The molecule has 5 nitrogen and oxygen atoms in total. The third-order valence-corrected chi connectivity index (χ3v) is 2.86. The van der Waals surface area contributed by atoms with Gasteiger partial charge in [-0.25, -0.2) is 9.67 Å². The Morgan fingerprint density at radius 1 is 1.39 bits per heavy atom. The third kappa shape index (κ3) is 2.94. The molecule has 0 amide bonds. The zero-order valence-electron chi connectivity index (χ0n) is 10.7. The van der Waals surface area contributed by atoms with Gasteiger partial charge in [-0.2, -0.15) is 5.10 Å². The molecule has 1 N–H and O–H groups in total. The van der Waals surface area contributed by atoms with Gasteiger partial charge in [-0.15, -0.1) is 0 Å². The van der Waals surface area contributed by atoms with E-state index in [2.05, 4.69) is 34.0 Å². The van der Waals surface area contributed by atoms with Crippen molar-refractivity contribution in [3.05, 3.63) is 42.0 Å². The number of nitrogens with zero attached hydrogens (tertiary/aromatic N) is 4. The molecule has 2 rings (SSSR count). The summed E-state index contributed by atoms with van der Waals surface area (Å²) in [6.07, 6.45) is 3.22. The van der Waals surface area contributed by atoms with Crippen LogP contribution in [0.3, 0.4) is 0 Å². The second kappa shape index (κ2) is 5.75. The van der Waals surface area contributed by atoms with Crippen molar-refractivity contribution in [3.63, 3.8) is 0 Å². The smallest absolute Gasteiger partial charge is 0.138 e. The number of hydrogen-bond donors (Lipinski definition) is 1. The molecule has 2 aromatic rings. The van der Waals surface area contributed by atoms with Crippen molar-refractivity contribution in [1.29, 1.82) is 0 Å². The first kappa shape index (κ1) is 12.7. The average Bonchev–Trinajstić information content (AvgIpc) is 2.82. The maximum absolute atomic E-state index is 8.88. The van der Waals surface area contributed by atoms with Crippen LogP contribution in [0.1, 0.15) is 11.1 Å². The molecular weight excluding hydrogens is 228 g/mol. The van der Waals surface area contributed by atoms with Crippen molar-refractivity contribution in [2.24, 2.45) is 0 Å². The third-order valence-electron chi connectivity index (χ3n) is 2.86. The predicted octanol–water partition coefficient (Wildman–Crippen LogP) is 1.000. The van der Waals surface area contributed by atoms with Crippen molar-refractivity contribution in [2.75, 3.05) is 20.2 Å². The summed E-state index contributed by atoms with van der Waals surface area (Å²) < 4.78 is 1.76. The number of aliphatic hydroxyl groups is 1. The molecule has 0 aliphatic heterocycles. The standard InChI is InChI=1S/C13H18N4O/c1-11-7-12(8-16(2)5-6-18)3-4-13(11)17-10-14-9-15-17/h3-4,7,9-10,18H,5-6,8H2,1-2H3. The highest BCUT2D eigenvalue weighted by Gasteiger charge is 2.05. The zero-order chi connectivity index (χ0) is 13.0. The van der Waals surface area contributed by atoms with Gasteiger partial charge in [0.2, 0.25) is 0 Å². The van der Waals surface area contributed by atoms with Gasteiger partial charge in [-0.3, -0.25) is 4.90 Å². The molecule has 0 saturated carbocycles. The molecule has 1 aromatic heterocycles. The number of hydrogen-bond acceptors (Lipinski definition) is 4. The summed E-state index contributed by atoms with van der Waals surface area (Å²) in [5.41, 5.74) is 3.43. The lowest BCUT2D eigenvalue weighted by atomic mass is 10.1. The summed E-state index contributed by atoms with van der Waals surface area (Å²) in [5, 5.41) is 13.0. The number of aryl methyl sites for hydroxylation is 1. The largest absolute Gasteiger partial charge is 0.395 e. The van der Waals surface area contributed by atoms with E-state index in [0.717, 1.165) is 17.8 Å². The summed E-state index contributed by atoms with van der Waals surface area (Å²) in [7, 11) is 2.00. The van der Waals surface area contributed by atoms with Crippen molar-refractivity contribution in [1.82, 2.24) is 19.7 Å². The fourth-order valence-electron chi connectivity index (χ4n) is 1.97. The molecule has 1 aromatic carbocycles. The highest BCUT2D eigenvalue weighted by atomic mass is 16.3. The van der Waals surface area contributed by atoms with Crippen LogP contribution in [0.15, 0.2) is 30.9 Å². The van der Waals surface area contributed by atoms with Crippen LogP contribution in [-0.2, 0) is 6.54 Å². The lowest BCUT2D eigenvalue weighted by Gasteiger charge is -2.16. The molecule has 0 radical (unpaired) electrons. The first-order valence-corrected chi connectivity index (χ1v) is 5.94. The summed E-state index contributed by atoms with van der Waals surface area (Å²) in [4.78, 5) is 6.04. The van der Waals surface area contributed by atoms with Gasteiger partial charge in [0.15, 0.2) is 0 Å². The summed E-state index contributed by atoms with van der Waals surface area (Å²) in [6.45, 7) is 3.77. The van der Waals surface area contributed by atoms with E-state index in [9.17, 15) is 0 Å². The summed E-state index contributed by atoms with van der Waals surface area (Å²) >= 11 is 0. The molecule has 1 heterocycles. The van der Waals surface area contributed by atoms with Gasteiger partial charge in [-0.1, -0.05) is 12.1 Å². The topological polar surface area (TPSA) is 54.2 Å². The van der Waals surface area contributed by atoms with Crippen LogP contribution in [0.5, 0.6) is 0 Å². The van der Waals surface area contributed by atoms with E-state index >= 15 is 0 Å². The Bertz CT molecular complexity index is 496. The van der Waals surface area contributed by atoms with Crippen LogP contribution in [0.25, 0.3) is 5.69 Å². The minimum Gasteiger partial charge on any atom is -0.395 e. The Morgan fingerprint density at radius 3 is 2.83 bits per heavy atom. The Kier molecular flexibility index (Phi) is 4.07. The number of aromatic nitrogens is 3. The minimum absolute atomic E-state index is 0.187. The molecule has 0 aliphatic rings. The van der Waals surface area contributed by atoms with Crippen LogP contribution in [0, 0.1) is 6.92 Å². The van der Waals surface area contributed by atoms with Gasteiger partial charge in [0.05, 0.1) is 12.3 Å². The van der Waals surface area contributed by atoms with Crippen LogP contribution < -0.4 is 0 Å². The molecule has 0 fully saturated rings. The van der Waals surface area contributed by atoms with Gasteiger partial charge in [0.25, 0.3) is 0 Å². The number of aliphatic hydroxyl groups excluding tert-OH is 1. The molecular formula is C13H18N4O. The van der Waals surface area contributed by atoms with Crippen molar-refractivity contribution in [2.45, 2.75) is 13.5 Å². The molecule has 0 saturated heterocycles. The summed E-state index contributed by atoms with van der Waals surface area (Å²) in [5.74, 6) is 0. The van der Waals surface area contributed by atoms with E-state index in [-0.39, 0.29) is 6.61 Å². The van der Waals surface area contributed by atoms with Crippen LogP contribution >= 0.6 is 0 Å². The number of rotatable bonds is 5. The van der Waals surface area contributed by atoms with Crippen molar-refractivity contribution >= 4 is 0 Å². The van der Waals surface area contributed by atoms with E-state index in [0.29, 0.717) is 6.54 Å². The molecule has 0 bridgehead atoms. The monoisotopic (exact) mass is 246 g/mol. The zero-order valence-corrected chi connectivity index (χ0v) is 10.7. The Labute approximate surface area is 107 Å². The van der Waals surface area contributed by atoms with Gasteiger partial charge in [0.1, 0.15) is 12.7 Å². The van der Waals surface area contributed by atoms with Crippen molar-refractivity contribution < 1.29 is 5.11 Å². The number of likely N-dealkylation sites (N-methyl/N-ethyl adjacent to an activating group) is 1. The molecule has 96 valence electrons. The van der Waals surface area contributed by atoms with Crippen molar-refractivity contribution in [3.8, 4) is 5.69 Å². The van der Waals surface area contributed by atoms with Gasteiger partial charge >= 0.3 is 0 Å². The lowest BCUT2D eigenvalue weighted by molar-refractivity contribution is 0.217. The quantitative estimate of drug-likeness (QED) is 0.855. The Hall–Kier alpha value is -1.72. The van der Waals surface area contributed by atoms with E-state index < -0.39 is 0 Å². The Morgan fingerprint density at radius 2 is 2.22 bits per heavy atom. The average molecular weight is 246 g/mol. The normalized spacial score (nSPS) is 11.1. The van der Waals surface area contributed by atoms with Crippen LogP contribution in [0.2, 0.25) is 0 Å². The highest BCUT2D eigenvalue weighted by Crippen LogP contribution is 2.15. The van der Waals surface area contributed by atoms with Crippen LogP contribution in [-0.4, -0.2) is 45.0 Å². The van der Waals surface area contributed by atoms with E-state index in [4.69, 9.17) is 5.11 Å².